The van der Waals surface area contributed by atoms with Gasteiger partial charge < -0.3 is 10.1 Å². The summed E-state index contributed by atoms with van der Waals surface area (Å²) in [6, 6.07) is 0. The normalized spacial score (nSPS) is 18.4. The molecule has 0 saturated heterocycles. The van der Waals surface area contributed by atoms with E-state index in [1.165, 1.54) is 51.6 Å². The number of hydrogen-bond donors (Lipinski definition) is 1. The number of ether oxygens (including phenoxy) is 1. The highest BCUT2D eigenvalue weighted by Gasteiger charge is 2.40. The molecule has 14 heavy (non-hydrogen) atoms. The van der Waals surface area contributed by atoms with E-state index in [9.17, 15) is 0 Å². The van der Waals surface area contributed by atoms with E-state index in [1.807, 2.05) is 0 Å². The van der Waals surface area contributed by atoms with E-state index in [1.54, 1.807) is 7.11 Å². The Kier molecular flexibility index (Phi) is 5.49. The molecule has 1 saturated carbocycles. The predicted octanol–water partition coefficient (Wildman–Crippen LogP) is 2.58. The van der Waals surface area contributed by atoms with Gasteiger partial charge in [0.1, 0.15) is 0 Å². The third-order valence-corrected chi connectivity index (χ3v) is 3.19. The number of unbranched alkanes of at least 4 members (excludes halogenated alkanes) is 1. The maximum atomic E-state index is 5.06. The lowest BCUT2D eigenvalue weighted by Gasteiger charge is -2.15. The lowest BCUT2D eigenvalue weighted by Crippen LogP contribution is -2.24. The van der Waals surface area contributed by atoms with Crippen molar-refractivity contribution in [3.63, 3.8) is 0 Å². The Bertz CT molecular complexity index is 143. The zero-order valence-electron chi connectivity index (χ0n) is 9.77. The Labute approximate surface area is 88.4 Å². The van der Waals surface area contributed by atoms with Gasteiger partial charge >= 0.3 is 0 Å². The second kappa shape index (κ2) is 6.41. The lowest BCUT2D eigenvalue weighted by molar-refractivity contribution is 0.189. The topological polar surface area (TPSA) is 21.3 Å². The number of nitrogens with one attached hydrogen (secondary N) is 1. The van der Waals surface area contributed by atoms with E-state index >= 15 is 0 Å². The van der Waals surface area contributed by atoms with Gasteiger partial charge in [0.25, 0.3) is 0 Å². The molecule has 1 fully saturated rings. The van der Waals surface area contributed by atoms with Crippen LogP contribution < -0.4 is 5.32 Å². The Morgan fingerprint density at radius 2 is 2.07 bits per heavy atom. The van der Waals surface area contributed by atoms with E-state index in [-0.39, 0.29) is 0 Å². The third kappa shape index (κ3) is 4.43. The van der Waals surface area contributed by atoms with Crippen LogP contribution in [0.3, 0.4) is 0 Å². The average molecular weight is 199 g/mol. The van der Waals surface area contributed by atoms with Gasteiger partial charge in [0.15, 0.2) is 0 Å². The molecule has 0 bridgehead atoms. The van der Waals surface area contributed by atoms with Crippen LogP contribution in [0, 0.1) is 5.41 Å². The fraction of sp³-hybridized carbons (Fsp3) is 1.00. The summed E-state index contributed by atoms with van der Waals surface area (Å²) < 4.78 is 5.06. The van der Waals surface area contributed by atoms with Gasteiger partial charge in [0.2, 0.25) is 0 Å². The number of rotatable bonds is 9. The van der Waals surface area contributed by atoms with Crippen LogP contribution in [0.2, 0.25) is 0 Å². The van der Waals surface area contributed by atoms with E-state index in [0.29, 0.717) is 5.41 Å². The minimum Gasteiger partial charge on any atom is -0.385 e. The molecule has 0 heterocycles. The van der Waals surface area contributed by atoms with Crippen LogP contribution >= 0.6 is 0 Å². The molecule has 1 rings (SSSR count). The van der Waals surface area contributed by atoms with Crippen LogP contribution in [0.1, 0.15) is 45.4 Å². The molecule has 1 N–H and O–H groups in total. The molecule has 84 valence electrons. The van der Waals surface area contributed by atoms with Gasteiger partial charge in [-0.05, 0) is 44.1 Å². The predicted molar refractivity (Wildman–Crippen MR) is 60.6 cm³/mol. The highest BCUT2D eigenvalue weighted by Crippen LogP contribution is 2.49. The quantitative estimate of drug-likeness (QED) is 0.576. The smallest absolute Gasteiger partial charge is 0.0462 e. The van der Waals surface area contributed by atoms with E-state index in [0.717, 1.165) is 6.61 Å². The van der Waals surface area contributed by atoms with Gasteiger partial charge in [-0.25, -0.2) is 0 Å². The van der Waals surface area contributed by atoms with Crippen LogP contribution in [-0.2, 0) is 4.74 Å². The van der Waals surface area contributed by atoms with Crippen LogP contribution in [0.25, 0.3) is 0 Å². The molecule has 2 nitrogen and oxygen atoms in total. The molecule has 0 aromatic heterocycles. The standard InChI is InChI=1S/C12H25NO/c1-3-9-13-11-12(7-8-12)6-4-5-10-14-2/h13H,3-11H2,1-2H3. The molecular weight excluding hydrogens is 174 g/mol. The molecule has 0 amide bonds. The van der Waals surface area contributed by atoms with Gasteiger partial charge in [0.05, 0.1) is 0 Å². The van der Waals surface area contributed by atoms with Crippen molar-refractivity contribution in [3.05, 3.63) is 0 Å². The van der Waals surface area contributed by atoms with Crippen molar-refractivity contribution in [2.24, 2.45) is 5.41 Å². The molecule has 0 spiro atoms. The largest absolute Gasteiger partial charge is 0.385 e. The summed E-state index contributed by atoms with van der Waals surface area (Å²) in [4.78, 5) is 0. The first kappa shape index (κ1) is 12.0. The Morgan fingerprint density at radius 1 is 1.29 bits per heavy atom. The Hall–Kier alpha value is -0.0800. The van der Waals surface area contributed by atoms with Crippen molar-refractivity contribution in [2.45, 2.75) is 45.4 Å². The molecule has 2 heteroatoms. The summed E-state index contributed by atoms with van der Waals surface area (Å²) in [5, 5.41) is 3.55. The molecule has 0 radical (unpaired) electrons. The fourth-order valence-corrected chi connectivity index (χ4v) is 1.97. The van der Waals surface area contributed by atoms with Crippen molar-refractivity contribution in [1.29, 1.82) is 0 Å². The number of hydrogen-bond acceptors (Lipinski definition) is 2. The average Bonchev–Trinajstić information content (AvgIpc) is 2.94. The molecule has 1 aliphatic carbocycles. The highest BCUT2D eigenvalue weighted by molar-refractivity contribution is 4.94. The monoisotopic (exact) mass is 199 g/mol. The fourth-order valence-electron chi connectivity index (χ4n) is 1.97. The molecule has 1 aliphatic rings. The molecule has 0 aliphatic heterocycles. The van der Waals surface area contributed by atoms with E-state index in [4.69, 9.17) is 4.74 Å². The van der Waals surface area contributed by atoms with Gasteiger partial charge in [0, 0.05) is 20.3 Å². The summed E-state index contributed by atoms with van der Waals surface area (Å²) in [7, 11) is 1.79. The maximum absolute atomic E-state index is 5.06. The van der Waals surface area contributed by atoms with Gasteiger partial charge in [-0.2, -0.15) is 0 Å². The maximum Gasteiger partial charge on any atom is 0.0462 e. The summed E-state index contributed by atoms with van der Waals surface area (Å²) >= 11 is 0. The molecule has 0 aromatic carbocycles. The second-order valence-electron chi connectivity index (χ2n) is 4.63. The van der Waals surface area contributed by atoms with Crippen LogP contribution in [0.4, 0.5) is 0 Å². The zero-order valence-corrected chi connectivity index (χ0v) is 9.77. The van der Waals surface area contributed by atoms with Crippen molar-refractivity contribution < 1.29 is 4.74 Å². The molecule has 0 atom stereocenters. The summed E-state index contributed by atoms with van der Waals surface area (Å²) in [5.41, 5.74) is 0.683. The lowest BCUT2D eigenvalue weighted by atomic mass is 9.99. The van der Waals surface area contributed by atoms with Gasteiger partial charge in [-0.3, -0.25) is 0 Å². The molecular formula is C12H25NO. The van der Waals surface area contributed by atoms with Crippen LogP contribution in [0.5, 0.6) is 0 Å². The number of methoxy groups -OCH3 is 1. The van der Waals surface area contributed by atoms with Gasteiger partial charge in [-0.15, -0.1) is 0 Å². The van der Waals surface area contributed by atoms with Crippen molar-refractivity contribution >= 4 is 0 Å². The highest BCUT2D eigenvalue weighted by atomic mass is 16.5. The van der Waals surface area contributed by atoms with Crippen LogP contribution in [0.15, 0.2) is 0 Å². The third-order valence-electron chi connectivity index (χ3n) is 3.19. The molecule has 0 unspecified atom stereocenters. The summed E-state index contributed by atoms with van der Waals surface area (Å²) in [5.74, 6) is 0. The second-order valence-corrected chi connectivity index (χ2v) is 4.63. The van der Waals surface area contributed by atoms with E-state index in [2.05, 4.69) is 12.2 Å². The van der Waals surface area contributed by atoms with E-state index < -0.39 is 0 Å². The summed E-state index contributed by atoms with van der Waals surface area (Å²) in [6.45, 7) is 5.58. The first-order valence-corrected chi connectivity index (χ1v) is 6.03. The van der Waals surface area contributed by atoms with Gasteiger partial charge in [-0.1, -0.05) is 13.3 Å². The Balaban J connectivity index is 1.98. The zero-order chi connectivity index (χ0) is 10.3. The Morgan fingerprint density at radius 3 is 2.64 bits per heavy atom. The molecule has 0 aromatic rings. The SMILES string of the molecule is CCCNCC1(CCCCOC)CC1. The van der Waals surface area contributed by atoms with Crippen LogP contribution in [-0.4, -0.2) is 26.8 Å². The first-order valence-electron chi connectivity index (χ1n) is 6.03. The first-order chi connectivity index (χ1) is 6.83. The van der Waals surface area contributed by atoms with Crippen molar-refractivity contribution in [3.8, 4) is 0 Å². The summed E-state index contributed by atoms with van der Waals surface area (Å²) in [6.07, 6.45) is 8.09. The van der Waals surface area contributed by atoms with Crippen molar-refractivity contribution in [2.75, 3.05) is 26.8 Å². The minimum atomic E-state index is 0.683. The minimum absolute atomic E-state index is 0.683. The van der Waals surface area contributed by atoms with Crippen molar-refractivity contribution in [1.82, 2.24) is 5.32 Å².